The fourth-order valence-electron chi connectivity index (χ4n) is 3.14. The number of hydrogen-bond acceptors (Lipinski definition) is 3. The molecular formula is C17H27N3O. The van der Waals surface area contributed by atoms with Crippen LogP contribution in [0.3, 0.4) is 0 Å². The van der Waals surface area contributed by atoms with E-state index in [0.717, 1.165) is 17.8 Å². The van der Waals surface area contributed by atoms with Gasteiger partial charge in [-0.2, -0.15) is 0 Å². The van der Waals surface area contributed by atoms with E-state index in [1.165, 1.54) is 32.1 Å². The van der Waals surface area contributed by atoms with Crippen molar-refractivity contribution in [3.8, 4) is 0 Å². The molecule has 1 aromatic carbocycles. The van der Waals surface area contributed by atoms with Crippen LogP contribution in [0.2, 0.25) is 0 Å². The van der Waals surface area contributed by atoms with Gasteiger partial charge in [0.25, 0.3) is 0 Å². The van der Waals surface area contributed by atoms with Crippen LogP contribution in [0.4, 0.5) is 5.69 Å². The molecule has 0 atom stereocenters. The molecule has 0 aromatic heterocycles. The van der Waals surface area contributed by atoms with Gasteiger partial charge in [-0.15, -0.1) is 0 Å². The summed E-state index contributed by atoms with van der Waals surface area (Å²) in [6, 6.07) is 8.30. The molecule has 0 saturated heterocycles. The molecule has 21 heavy (non-hydrogen) atoms. The Bertz CT molecular complexity index is 455. The van der Waals surface area contributed by atoms with Crippen LogP contribution in [-0.4, -0.2) is 29.9 Å². The fraction of sp³-hybridized carbons (Fsp3) is 0.588. The Morgan fingerprint density at radius 3 is 2.67 bits per heavy atom. The average molecular weight is 289 g/mol. The van der Waals surface area contributed by atoms with E-state index in [-0.39, 0.29) is 5.91 Å². The second kappa shape index (κ2) is 8.15. The first kappa shape index (κ1) is 16.0. The number of carbonyl (C=O) groups excluding carboxylic acids is 1. The lowest BCUT2D eigenvalue weighted by Crippen LogP contribution is -2.41. The van der Waals surface area contributed by atoms with Gasteiger partial charge in [-0.1, -0.05) is 44.4 Å². The second-order valence-corrected chi connectivity index (χ2v) is 5.76. The zero-order valence-electron chi connectivity index (χ0n) is 13.0. The summed E-state index contributed by atoms with van der Waals surface area (Å²) in [4.78, 5) is 14.6. The predicted octanol–water partition coefficient (Wildman–Crippen LogP) is 2.74. The molecule has 0 spiro atoms. The third-order valence-electron chi connectivity index (χ3n) is 4.36. The van der Waals surface area contributed by atoms with Crippen LogP contribution in [0, 0.1) is 0 Å². The maximum Gasteiger partial charge on any atom is 0.238 e. The summed E-state index contributed by atoms with van der Waals surface area (Å²) >= 11 is 0. The molecule has 1 aliphatic rings. The molecule has 1 saturated carbocycles. The number of amides is 1. The summed E-state index contributed by atoms with van der Waals surface area (Å²) < 4.78 is 0. The van der Waals surface area contributed by atoms with Crippen molar-refractivity contribution in [3.63, 3.8) is 0 Å². The van der Waals surface area contributed by atoms with E-state index in [1.807, 2.05) is 24.3 Å². The highest BCUT2D eigenvalue weighted by Crippen LogP contribution is 2.22. The summed E-state index contributed by atoms with van der Waals surface area (Å²) in [6.45, 7) is 3.98. The third-order valence-corrected chi connectivity index (χ3v) is 4.36. The number of nitrogens with zero attached hydrogens (tertiary/aromatic N) is 1. The lowest BCUT2D eigenvalue weighted by atomic mass is 9.94. The molecule has 3 N–H and O–H groups in total. The van der Waals surface area contributed by atoms with Gasteiger partial charge in [0.05, 0.1) is 6.54 Å². The SMILES string of the molecule is CCN(CC(=O)Nc1ccccc1CN)C1CCCCC1. The molecule has 4 heteroatoms. The molecule has 0 heterocycles. The lowest BCUT2D eigenvalue weighted by Gasteiger charge is -2.33. The van der Waals surface area contributed by atoms with Crippen LogP contribution >= 0.6 is 0 Å². The van der Waals surface area contributed by atoms with Gasteiger partial charge in [0.2, 0.25) is 5.91 Å². The van der Waals surface area contributed by atoms with Crippen molar-refractivity contribution in [2.24, 2.45) is 5.73 Å². The van der Waals surface area contributed by atoms with Crippen LogP contribution in [-0.2, 0) is 11.3 Å². The number of nitrogens with one attached hydrogen (secondary N) is 1. The van der Waals surface area contributed by atoms with Crippen LogP contribution in [0.25, 0.3) is 0 Å². The van der Waals surface area contributed by atoms with Gasteiger partial charge < -0.3 is 11.1 Å². The Morgan fingerprint density at radius 2 is 2.00 bits per heavy atom. The van der Waals surface area contributed by atoms with Gasteiger partial charge in [0, 0.05) is 18.3 Å². The van der Waals surface area contributed by atoms with Crippen LogP contribution in [0.15, 0.2) is 24.3 Å². The van der Waals surface area contributed by atoms with Crippen molar-refractivity contribution in [2.75, 3.05) is 18.4 Å². The van der Waals surface area contributed by atoms with Crippen molar-refractivity contribution in [1.29, 1.82) is 0 Å². The number of likely N-dealkylation sites (N-methyl/N-ethyl adjacent to an activating group) is 1. The molecule has 0 radical (unpaired) electrons. The summed E-state index contributed by atoms with van der Waals surface area (Å²) in [7, 11) is 0. The fourth-order valence-corrected chi connectivity index (χ4v) is 3.14. The molecule has 116 valence electrons. The molecule has 0 aliphatic heterocycles. The molecule has 0 unspecified atom stereocenters. The van der Waals surface area contributed by atoms with E-state index in [2.05, 4.69) is 17.1 Å². The normalized spacial score (nSPS) is 16.1. The second-order valence-electron chi connectivity index (χ2n) is 5.76. The number of benzene rings is 1. The maximum atomic E-state index is 12.3. The van der Waals surface area contributed by atoms with Crippen LogP contribution in [0.1, 0.15) is 44.6 Å². The zero-order chi connectivity index (χ0) is 15.1. The van der Waals surface area contributed by atoms with Crippen molar-refractivity contribution in [3.05, 3.63) is 29.8 Å². The number of para-hydroxylation sites is 1. The topological polar surface area (TPSA) is 58.4 Å². The molecule has 4 nitrogen and oxygen atoms in total. The molecule has 1 amide bonds. The van der Waals surface area contributed by atoms with Gasteiger partial charge in [-0.05, 0) is 31.0 Å². The number of rotatable bonds is 6. The minimum atomic E-state index is 0.0586. The highest BCUT2D eigenvalue weighted by atomic mass is 16.2. The minimum absolute atomic E-state index is 0.0586. The van der Waals surface area contributed by atoms with Crippen molar-refractivity contribution < 1.29 is 4.79 Å². The largest absolute Gasteiger partial charge is 0.326 e. The van der Waals surface area contributed by atoms with Gasteiger partial charge >= 0.3 is 0 Å². The smallest absolute Gasteiger partial charge is 0.238 e. The number of carbonyl (C=O) groups is 1. The molecular weight excluding hydrogens is 262 g/mol. The summed E-state index contributed by atoms with van der Waals surface area (Å²) in [5.74, 6) is 0.0586. The predicted molar refractivity (Wildman–Crippen MR) is 87.1 cm³/mol. The highest BCUT2D eigenvalue weighted by Gasteiger charge is 2.21. The number of hydrogen-bond donors (Lipinski definition) is 2. The Hall–Kier alpha value is -1.39. The van der Waals surface area contributed by atoms with E-state index in [1.54, 1.807) is 0 Å². The van der Waals surface area contributed by atoms with Crippen molar-refractivity contribution in [1.82, 2.24) is 4.90 Å². The Kier molecular flexibility index (Phi) is 6.21. The van der Waals surface area contributed by atoms with Crippen molar-refractivity contribution >= 4 is 11.6 Å². The Labute approximate surface area is 127 Å². The molecule has 1 fully saturated rings. The standard InChI is InChI=1S/C17H27N3O/c1-2-20(15-9-4-3-5-10-15)13-17(21)19-16-11-7-6-8-14(16)12-18/h6-8,11,15H,2-5,9-10,12-13,18H2,1H3,(H,19,21). The highest BCUT2D eigenvalue weighted by molar-refractivity contribution is 5.93. The molecule has 1 aromatic rings. The first-order valence-corrected chi connectivity index (χ1v) is 8.06. The van der Waals surface area contributed by atoms with Gasteiger partial charge in [-0.3, -0.25) is 9.69 Å². The lowest BCUT2D eigenvalue weighted by molar-refractivity contribution is -0.118. The van der Waals surface area contributed by atoms with E-state index in [0.29, 0.717) is 19.1 Å². The molecule has 0 bridgehead atoms. The Morgan fingerprint density at radius 1 is 1.29 bits per heavy atom. The molecule has 2 rings (SSSR count). The number of nitrogens with two attached hydrogens (primary N) is 1. The number of anilines is 1. The van der Waals surface area contributed by atoms with Crippen LogP contribution in [0.5, 0.6) is 0 Å². The zero-order valence-corrected chi connectivity index (χ0v) is 13.0. The van der Waals surface area contributed by atoms with E-state index in [9.17, 15) is 4.79 Å². The van der Waals surface area contributed by atoms with Gasteiger partial charge in [0.1, 0.15) is 0 Å². The quantitative estimate of drug-likeness (QED) is 0.846. The summed E-state index contributed by atoms with van der Waals surface area (Å²) in [5, 5.41) is 3.00. The maximum absolute atomic E-state index is 12.3. The minimum Gasteiger partial charge on any atom is -0.326 e. The van der Waals surface area contributed by atoms with Crippen LogP contribution < -0.4 is 11.1 Å². The van der Waals surface area contributed by atoms with Gasteiger partial charge in [0.15, 0.2) is 0 Å². The van der Waals surface area contributed by atoms with E-state index in [4.69, 9.17) is 5.73 Å². The first-order valence-electron chi connectivity index (χ1n) is 8.06. The average Bonchev–Trinajstić information content (AvgIpc) is 2.54. The third kappa shape index (κ3) is 4.55. The van der Waals surface area contributed by atoms with Gasteiger partial charge in [-0.25, -0.2) is 0 Å². The first-order chi connectivity index (χ1) is 10.2. The monoisotopic (exact) mass is 289 g/mol. The molecule has 1 aliphatic carbocycles. The van der Waals surface area contributed by atoms with Crippen molar-refractivity contribution in [2.45, 2.75) is 51.6 Å². The van der Waals surface area contributed by atoms with E-state index >= 15 is 0 Å². The Balaban J connectivity index is 1.93. The summed E-state index contributed by atoms with van der Waals surface area (Å²) in [6.07, 6.45) is 6.36. The van der Waals surface area contributed by atoms with E-state index < -0.39 is 0 Å². The summed E-state index contributed by atoms with van der Waals surface area (Å²) in [5.41, 5.74) is 7.52.